The summed E-state index contributed by atoms with van der Waals surface area (Å²) < 4.78 is 11.2. The van der Waals surface area contributed by atoms with Crippen molar-refractivity contribution >= 4 is 5.91 Å². The number of hydrogen-bond acceptors (Lipinski definition) is 4. The summed E-state index contributed by atoms with van der Waals surface area (Å²) in [6.07, 6.45) is 1.39. The summed E-state index contributed by atoms with van der Waals surface area (Å²) in [5.41, 5.74) is 8.39. The van der Waals surface area contributed by atoms with Crippen LogP contribution in [0.4, 0.5) is 0 Å². The highest BCUT2D eigenvalue weighted by Crippen LogP contribution is 2.35. The summed E-state index contributed by atoms with van der Waals surface area (Å²) in [6, 6.07) is 6.02. The van der Waals surface area contributed by atoms with Crippen molar-refractivity contribution in [2.45, 2.75) is 31.9 Å². The maximum Gasteiger partial charge on any atom is 0.263 e. The van der Waals surface area contributed by atoms with Gasteiger partial charge in [0.1, 0.15) is 5.75 Å². The van der Waals surface area contributed by atoms with Gasteiger partial charge in [-0.15, -0.1) is 0 Å². The number of amides is 1. The van der Waals surface area contributed by atoms with Gasteiger partial charge in [0, 0.05) is 19.1 Å². The first kappa shape index (κ1) is 14.4. The van der Waals surface area contributed by atoms with Crippen LogP contribution in [0.3, 0.4) is 0 Å². The zero-order chi connectivity index (χ0) is 14.8. The fourth-order valence-corrected chi connectivity index (χ4v) is 3.05. The maximum atomic E-state index is 12.4. The Morgan fingerprint density at radius 3 is 2.95 bits per heavy atom. The molecule has 1 aromatic rings. The zero-order valence-electron chi connectivity index (χ0n) is 12.4. The Balaban J connectivity index is 1.70. The van der Waals surface area contributed by atoms with E-state index in [2.05, 4.69) is 0 Å². The van der Waals surface area contributed by atoms with E-state index in [0.29, 0.717) is 26.3 Å². The lowest BCUT2D eigenvalue weighted by atomic mass is 10.1. The van der Waals surface area contributed by atoms with E-state index in [1.807, 2.05) is 30.0 Å². The fourth-order valence-electron chi connectivity index (χ4n) is 3.05. The first-order valence-electron chi connectivity index (χ1n) is 7.57. The quantitative estimate of drug-likeness (QED) is 0.910. The third-order valence-corrected chi connectivity index (χ3v) is 4.25. The van der Waals surface area contributed by atoms with E-state index < -0.39 is 6.10 Å². The molecule has 1 fully saturated rings. The number of carbonyl (C=O) groups is 1. The second-order valence-electron chi connectivity index (χ2n) is 5.67. The van der Waals surface area contributed by atoms with Gasteiger partial charge in [-0.2, -0.15) is 0 Å². The Labute approximate surface area is 125 Å². The Hall–Kier alpha value is -1.59. The van der Waals surface area contributed by atoms with Crippen LogP contribution < -0.4 is 10.5 Å². The van der Waals surface area contributed by atoms with Crippen LogP contribution in [0.25, 0.3) is 0 Å². The number of morpholine rings is 1. The monoisotopic (exact) mass is 290 g/mol. The second-order valence-corrected chi connectivity index (χ2v) is 5.67. The van der Waals surface area contributed by atoms with Crippen LogP contribution in [0.5, 0.6) is 5.75 Å². The first-order chi connectivity index (χ1) is 10.2. The molecular weight excluding hydrogens is 268 g/mol. The van der Waals surface area contributed by atoms with Gasteiger partial charge in [0.2, 0.25) is 0 Å². The molecule has 2 atom stereocenters. The lowest BCUT2D eigenvalue weighted by Gasteiger charge is -2.29. The number of nitrogens with zero attached hydrogens (tertiary/aromatic N) is 1. The highest BCUT2D eigenvalue weighted by Gasteiger charge is 2.27. The molecule has 1 aliphatic heterocycles. The molecular formula is C16H22N2O3. The molecule has 114 valence electrons. The third kappa shape index (κ3) is 2.89. The minimum Gasteiger partial charge on any atom is -0.481 e. The molecule has 0 aromatic heterocycles. The van der Waals surface area contributed by atoms with Crippen molar-refractivity contribution in [3.63, 3.8) is 0 Å². The normalized spacial score (nSPS) is 22.8. The van der Waals surface area contributed by atoms with Crippen molar-refractivity contribution in [2.24, 2.45) is 5.73 Å². The maximum absolute atomic E-state index is 12.4. The van der Waals surface area contributed by atoms with Gasteiger partial charge in [0.05, 0.1) is 13.2 Å². The number of rotatable bonds is 3. The Kier molecular flexibility index (Phi) is 4.12. The Morgan fingerprint density at radius 2 is 2.19 bits per heavy atom. The molecule has 0 bridgehead atoms. The number of ether oxygens (including phenoxy) is 2. The van der Waals surface area contributed by atoms with Crippen molar-refractivity contribution in [3.05, 3.63) is 29.3 Å². The molecule has 3 rings (SSSR count). The highest BCUT2D eigenvalue weighted by atomic mass is 16.5. The molecule has 1 aliphatic carbocycles. The topological polar surface area (TPSA) is 64.8 Å². The SMILES string of the molecule is CC(Oc1cccc2c1CCC2N)C(=O)N1CCOCC1. The van der Waals surface area contributed by atoms with Crippen LogP contribution in [0.15, 0.2) is 18.2 Å². The average Bonchev–Trinajstić information content (AvgIpc) is 2.90. The van der Waals surface area contributed by atoms with Gasteiger partial charge < -0.3 is 20.1 Å². The van der Waals surface area contributed by atoms with E-state index in [4.69, 9.17) is 15.2 Å². The Morgan fingerprint density at radius 1 is 1.43 bits per heavy atom. The largest absolute Gasteiger partial charge is 0.481 e. The minimum absolute atomic E-state index is 0.0261. The van der Waals surface area contributed by atoms with Gasteiger partial charge >= 0.3 is 0 Å². The molecule has 5 heteroatoms. The minimum atomic E-state index is -0.480. The van der Waals surface area contributed by atoms with Gasteiger partial charge in [-0.3, -0.25) is 4.79 Å². The van der Waals surface area contributed by atoms with Crippen LogP contribution in [-0.2, 0) is 16.0 Å². The van der Waals surface area contributed by atoms with E-state index in [-0.39, 0.29) is 11.9 Å². The Bertz CT molecular complexity index is 526. The first-order valence-corrected chi connectivity index (χ1v) is 7.57. The molecule has 21 heavy (non-hydrogen) atoms. The summed E-state index contributed by atoms with van der Waals surface area (Å²) in [6.45, 7) is 4.31. The number of carbonyl (C=O) groups excluding carboxylic acids is 1. The predicted molar refractivity (Wildman–Crippen MR) is 79.2 cm³/mol. The van der Waals surface area contributed by atoms with Gasteiger partial charge in [0.25, 0.3) is 5.91 Å². The molecule has 2 aliphatic rings. The molecule has 1 amide bonds. The number of nitrogens with two attached hydrogens (primary N) is 1. The van der Waals surface area contributed by atoms with Crippen LogP contribution in [0, 0.1) is 0 Å². The van der Waals surface area contributed by atoms with Gasteiger partial charge in [-0.1, -0.05) is 12.1 Å². The van der Waals surface area contributed by atoms with Crippen molar-refractivity contribution in [1.29, 1.82) is 0 Å². The van der Waals surface area contributed by atoms with Crippen LogP contribution in [-0.4, -0.2) is 43.2 Å². The molecule has 2 unspecified atom stereocenters. The molecule has 5 nitrogen and oxygen atoms in total. The smallest absolute Gasteiger partial charge is 0.263 e. The molecule has 1 saturated heterocycles. The van der Waals surface area contributed by atoms with Gasteiger partial charge in [-0.25, -0.2) is 0 Å². The second kappa shape index (κ2) is 6.03. The van der Waals surface area contributed by atoms with Crippen molar-refractivity contribution in [3.8, 4) is 5.75 Å². The standard InChI is InChI=1S/C16H22N2O3/c1-11(16(19)18-7-9-20-10-8-18)21-15-4-2-3-12-13(15)5-6-14(12)17/h2-4,11,14H,5-10,17H2,1H3. The van der Waals surface area contributed by atoms with Gasteiger partial charge in [0.15, 0.2) is 6.10 Å². The van der Waals surface area contributed by atoms with Crippen LogP contribution in [0.1, 0.15) is 30.5 Å². The van der Waals surface area contributed by atoms with E-state index in [1.165, 1.54) is 0 Å². The molecule has 1 aromatic carbocycles. The highest BCUT2D eigenvalue weighted by molar-refractivity contribution is 5.81. The third-order valence-electron chi connectivity index (χ3n) is 4.25. The zero-order valence-corrected chi connectivity index (χ0v) is 12.4. The van der Waals surface area contributed by atoms with Crippen LogP contribution >= 0.6 is 0 Å². The van der Waals surface area contributed by atoms with Gasteiger partial charge in [-0.05, 0) is 37.0 Å². The summed E-state index contributed by atoms with van der Waals surface area (Å²) in [5, 5.41) is 0. The fraction of sp³-hybridized carbons (Fsp3) is 0.562. The van der Waals surface area contributed by atoms with Crippen molar-refractivity contribution < 1.29 is 14.3 Å². The van der Waals surface area contributed by atoms with E-state index >= 15 is 0 Å². The number of hydrogen-bond donors (Lipinski definition) is 1. The summed E-state index contributed by atoms with van der Waals surface area (Å²) in [7, 11) is 0. The predicted octanol–water partition coefficient (Wildman–Crippen LogP) is 1.26. The van der Waals surface area contributed by atoms with Crippen LogP contribution in [0.2, 0.25) is 0 Å². The summed E-state index contributed by atoms with van der Waals surface area (Å²) in [4.78, 5) is 14.2. The molecule has 1 heterocycles. The van der Waals surface area contributed by atoms with E-state index in [0.717, 1.165) is 29.7 Å². The summed E-state index contributed by atoms with van der Waals surface area (Å²) in [5.74, 6) is 0.827. The molecule has 2 N–H and O–H groups in total. The number of fused-ring (bicyclic) bond motifs is 1. The van der Waals surface area contributed by atoms with E-state index in [9.17, 15) is 4.79 Å². The number of benzene rings is 1. The van der Waals surface area contributed by atoms with Crippen molar-refractivity contribution in [2.75, 3.05) is 26.3 Å². The summed E-state index contributed by atoms with van der Waals surface area (Å²) >= 11 is 0. The lowest BCUT2D eigenvalue weighted by Crippen LogP contribution is -2.46. The average molecular weight is 290 g/mol. The van der Waals surface area contributed by atoms with E-state index in [1.54, 1.807) is 0 Å². The lowest BCUT2D eigenvalue weighted by molar-refractivity contribution is -0.142. The molecule has 0 saturated carbocycles. The molecule has 0 spiro atoms. The molecule has 0 radical (unpaired) electrons. The van der Waals surface area contributed by atoms with Crippen molar-refractivity contribution in [1.82, 2.24) is 4.90 Å².